The molecule has 3 unspecified atom stereocenters. The Kier molecular flexibility index (Phi) is 2.60. The average molecular weight is 216 g/mol. The van der Waals surface area contributed by atoms with Gasteiger partial charge in [0.25, 0.3) is 0 Å². The Morgan fingerprint density at radius 1 is 1.43 bits per heavy atom. The second-order valence-corrected chi connectivity index (χ2v) is 6.24. The molecular formula is C12H22ClN. The number of rotatable bonds is 3. The van der Waals surface area contributed by atoms with Crippen LogP contribution >= 0.6 is 11.6 Å². The van der Waals surface area contributed by atoms with Crippen molar-refractivity contribution in [1.29, 1.82) is 0 Å². The van der Waals surface area contributed by atoms with E-state index in [0.29, 0.717) is 16.2 Å². The highest BCUT2D eigenvalue weighted by atomic mass is 35.5. The van der Waals surface area contributed by atoms with Crippen molar-refractivity contribution >= 4 is 11.6 Å². The minimum Gasteiger partial charge on any atom is -0.330 e. The molecule has 0 aromatic carbocycles. The van der Waals surface area contributed by atoms with E-state index in [2.05, 4.69) is 13.8 Å². The predicted molar refractivity (Wildman–Crippen MR) is 61.5 cm³/mol. The van der Waals surface area contributed by atoms with Gasteiger partial charge in [0.2, 0.25) is 0 Å². The summed E-state index contributed by atoms with van der Waals surface area (Å²) in [7, 11) is 0. The molecule has 82 valence electrons. The standard InChI is InChI=1S/C12H22ClN/c1-11(2)9-4-6-12(11,5-3-7-14)10(13)8-9/h9-10H,3-8,14H2,1-2H3. The van der Waals surface area contributed by atoms with Crippen molar-refractivity contribution in [3.05, 3.63) is 0 Å². The smallest absolute Gasteiger partial charge is 0.0400 e. The zero-order chi connectivity index (χ0) is 10.4. The molecule has 2 bridgehead atoms. The van der Waals surface area contributed by atoms with Crippen molar-refractivity contribution in [2.75, 3.05) is 6.54 Å². The van der Waals surface area contributed by atoms with Crippen LogP contribution in [0.25, 0.3) is 0 Å². The Hall–Kier alpha value is 0.250. The zero-order valence-electron chi connectivity index (χ0n) is 9.35. The average Bonchev–Trinajstić information content (AvgIpc) is 2.48. The van der Waals surface area contributed by atoms with Crippen LogP contribution in [0.5, 0.6) is 0 Å². The maximum absolute atomic E-state index is 6.54. The number of hydrogen-bond acceptors (Lipinski definition) is 1. The fourth-order valence-corrected chi connectivity index (χ4v) is 4.71. The molecule has 2 heteroatoms. The molecule has 2 aliphatic rings. The van der Waals surface area contributed by atoms with Gasteiger partial charge in [-0.3, -0.25) is 0 Å². The van der Waals surface area contributed by atoms with Gasteiger partial charge in [0, 0.05) is 5.38 Å². The zero-order valence-corrected chi connectivity index (χ0v) is 10.1. The number of fused-ring (bicyclic) bond motifs is 2. The van der Waals surface area contributed by atoms with E-state index in [9.17, 15) is 0 Å². The van der Waals surface area contributed by atoms with E-state index in [1.165, 1.54) is 25.7 Å². The molecular weight excluding hydrogens is 194 g/mol. The molecule has 2 N–H and O–H groups in total. The molecule has 0 spiro atoms. The van der Waals surface area contributed by atoms with E-state index in [-0.39, 0.29) is 0 Å². The summed E-state index contributed by atoms with van der Waals surface area (Å²) in [6.07, 6.45) is 6.33. The monoisotopic (exact) mass is 215 g/mol. The summed E-state index contributed by atoms with van der Waals surface area (Å²) < 4.78 is 0. The Bertz CT molecular complexity index is 226. The topological polar surface area (TPSA) is 26.0 Å². The van der Waals surface area contributed by atoms with E-state index in [0.717, 1.165) is 18.9 Å². The second-order valence-electron chi connectivity index (χ2n) is 5.71. The summed E-state index contributed by atoms with van der Waals surface area (Å²) in [5, 5.41) is 0.405. The second kappa shape index (κ2) is 3.38. The van der Waals surface area contributed by atoms with Crippen LogP contribution in [0.3, 0.4) is 0 Å². The van der Waals surface area contributed by atoms with E-state index >= 15 is 0 Å². The van der Waals surface area contributed by atoms with Crippen molar-refractivity contribution in [1.82, 2.24) is 0 Å². The Balaban J connectivity index is 2.21. The van der Waals surface area contributed by atoms with E-state index in [1.807, 2.05) is 0 Å². The lowest BCUT2D eigenvalue weighted by atomic mass is 9.66. The number of halogens is 1. The highest BCUT2D eigenvalue weighted by Gasteiger charge is 2.62. The van der Waals surface area contributed by atoms with Crippen LogP contribution in [0.2, 0.25) is 0 Å². The third-order valence-electron chi connectivity index (χ3n) is 5.16. The molecule has 2 aliphatic carbocycles. The molecule has 2 rings (SSSR count). The molecule has 1 nitrogen and oxygen atoms in total. The van der Waals surface area contributed by atoms with Gasteiger partial charge < -0.3 is 5.73 Å². The van der Waals surface area contributed by atoms with Gasteiger partial charge in [-0.05, 0) is 55.4 Å². The summed E-state index contributed by atoms with van der Waals surface area (Å²) in [5.41, 5.74) is 6.48. The number of hydrogen-bond donors (Lipinski definition) is 1. The number of alkyl halides is 1. The van der Waals surface area contributed by atoms with Gasteiger partial charge in [-0.15, -0.1) is 11.6 Å². The van der Waals surface area contributed by atoms with E-state index in [4.69, 9.17) is 17.3 Å². The molecule has 3 atom stereocenters. The SMILES string of the molecule is CC1(C)C2CCC1(CCCN)C(Cl)C2. The van der Waals surface area contributed by atoms with Crippen LogP contribution in [0, 0.1) is 16.7 Å². The largest absolute Gasteiger partial charge is 0.330 e. The van der Waals surface area contributed by atoms with E-state index in [1.54, 1.807) is 0 Å². The lowest BCUT2D eigenvalue weighted by Gasteiger charge is -2.40. The lowest BCUT2D eigenvalue weighted by Crippen LogP contribution is -2.36. The Morgan fingerprint density at radius 3 is 2.57 bits per heavy atom. The fraction of sp³-hybridized carbons (Fsp3) is 1.00. The molecule has 14 heavy (non-hydrogen) atoms. The first-order valence-corrected chi connectivity index (χ1v) is 6.32. The molecule has 0 saturated heterocycles. The van der Waals surface area contributed by atoms with Crippen molar-refractivity contribution in [3.8, 4) is 0 Å². The minimum atomic E-state index is 0.401. The normalized spacial score (nSPS) is 44.6. The first-order chi connectivity index (χ1) is 6.54. The van der Waals surface area contributed by atoms with Crippen LogP contribution in [-0.4, -0.2) is 11.9 Å². The lowest BCUT2D eigenvalue weighted by molar-refractivity contribution is 0.117. The van der Waals surface area contributed by atoms with Gasteiger partial charge in [0.15, 0.2) is 0 Å². The van der Waals surface area contributed by atoms with Gasteiger partial charge >= 0.3 is 0 Å². The maximum Gasteiger partial charge on any atom is 0.0400 e. The van der Waals surface area contributed by atoms with Crippen molar-refractivity contribution in [2.45, 2.75) is 51.3 Å². The van der Waals surface area contributed by atoms with Crippen LogP contribution in [0.15, 0.2) is 0 Å². The Morgan fingerprint density at radius 2 is 2.14 bits per heavy atom. The molecule has 0 heterocycles. The summed E-state index contributed by atoms with van der Waals surface area (Å²) in [6, 6.07) is 0. The third-order valence-corrected chi connectivity index (χ3v) is 5.76. The molecule has 0 radical (unpaired) electrons. The summed E-state index contributed by atoms with van der Waals surface area (Å²) in [4.78, 5) is 0. The highest BCUT2D eigenvalue weighted by molar-refractivity contribution is 6.21. The minimum absolute atomic E-state index is 0.401. The fourth-order valence-electron chi connectivity index (χ4n) is 3.99. The van der Waals surface area contributed by atoms with E-state index < -0.39 is 0 Å². The van der Waals surface area contributed by atoms with Gasteiger partial charge in [0.1, 0.15) is 0 Å². The first kappa shape index (κ1) is 10.8. The van der Waals surface area contributed by atoms with Crippen LogP contribution in [0.4, 0.5) is 0 Å². The van der Waals surface area contributed by atoms with Gasteiger partial charge in [0.05, 0.1) is 0 Å². The molecule has 2 saturated carbocycles. The third kappa shape index (κ3) is 1.18. The first-order valence-electron chi connectivity index (χ1n) is 5.89. The van der Waals surface area contributed by atoms with Crippen LogP contribution in [0.1, 0.15) is 46.0 Å². The number of nitrogens with two attached hydrogens (primary N) is 1. The van der Waals surface area contributed by atoms with Crippen molar-refractivity contribution in [2.24, 2.45) is 22.5 Å². The van der Waals surface area contributed by atoms with Gasteiger partial charge in [-0.1, -0.05) is 13.8 Å². The maximum atomic E-state index is 6.54. The predicted octanol–water partition coefficient (Wildman–Crippen LogP) is 3.16. The van der Waals surface area contributed by atoms with Crippen LogP contribution < -0.4 is 5.73 Å². The van der Waals surface area contributed by atoms with Crippen molar-refractivity contribution in [3.63, 3.8) is 0 Å². The van der Waals surface area contributed by atoms with Crippen LogP contribution in [-0.2, 0) is 0 Å². The summed E-state index contributed by atoms with van der Waals surface area (Å²) in [5.74, 6) is 0.864. The molecule has 0 aromatic rings. The molecule has 0 aromatic heterocycles. The quantitative estimate of drug-likeness (QED) is 0.720. The van der Waals surface area contributed by atoms with Crippen molar-refractivity contribution < 1.29 is 0 Å². The summed E-state index contributed by atoms with van der Waals surface area (Å²) >= 11 is 6.54. The summed E-state index contributed by atoms with van der Waals surface area (Å²) in [6.45, 7) is 5.65. The highest BCUT2D eigenvalue weighted by Crippen LogP contribution is 2.68. The Labute approximate surface area is 92.4 Å². The molecule has 0 amide bonds. The molecule has 2 fully saturated rings. The van der Waals surface area contributed by atoms with Gasteiger partial charge in [-0.25, -0.2) is 0 Å². The molecule has 0 aliphatic heterocycles. The van der Waals surface area contributed by atoms with Gasteiger partial charge in [-0.2, -0.15) is 0 Å².